The molecule has 0 radical (unpaired) electrons. The molecular weight excluding hydrogens is 386 g/mol. The summed E-state index contributed by atoms with van der Waals surface area (Å²) in [4.78, 5) is 38.5. The number of amides is 3. The molecular formula is C19H20ClN3O3S. The van der Waals surface area contributed by atoms with Crippen LogP contribution in [0.2, 0.25) is 5.02 Å². The van der Waals surface area contributed by atoms with Crippen molar-refractivity contribution < 1.29 is 14.4 Å². The predicted octanol–water partition coefficient (Wildman–Crippen LogP) is 3.39. The summed E-state index contributed by atoms with van der Waals surface area (Å²) in [7, 11) is 0. The number of nitrogens with one attached hydrogen (secondary N) is 2. The summed E-state index contributed by atoms with van der Waals surface area (Å²) in [6, 6.07) is 8.34. The van der Waals surface area contributed by atoms with Crippen LogP contribution < -0.4 is 10.6 Å². The van der Waals surface area contributed by atoms with E-state index in [0.717, 1.165) is 12.8 Å². The largest absolute Gasteiger partial charge is 0.349 e. The monoisotopic (exact) mass is 405 g/mol. The lowest BCUT2D eigenvalue weighted by atomic mass is 10.0. The zero-order valence-corrected chi connectivity index (χ0v) is 16.4. The molecule has 0 saturated carbocycles. The van der Waals surface area contributed by atoms with Gasteiger partial charge in [0.1, 0.15) is 0 Å². The highest BCUT2D eigenvalue weighted by Crippen LogP contribution is 2.24. The number of piperidine rings is 1. The third kappa shape index (κ3) is 4.87. The van der Waals surface area contributed by atoms with Crippen LogP contribution in [0.5, 0.6) is 0 Å². The zero-order valence-electron chi connectivity index (χ0n) is 14.8. The highest BCUT2D eigenvalue weighted by molar-refractivity contribution is 7.12. The average Bonchev–Trinajstić information content (AvgIpc) is 3.18. The van der Waals surface area contributed by atoms with E-state index in [1.807, 2.05) is 5.38 Å². The second kappa shape index (κ2) is 8.54. The summed E-state index contributed by atoms with van der Waals surface area (Å²) in [5, 5.41) is 7.92. The Morgan fingerprint density at radius 2 is 1.89 bits per heavy atom. The molecule has 1 aliphatic heterocycles. The van der Waals surface area contributed by atoms with Gasteiger partial charge in [-0.2, -0.15) is 0 Å². The number of carbonyl (C=O) groups is 3. The van der Waals surface area contributed by atoms with Crippen LogP contribution >= 0.6 is 22.9 Å². The van der Waals surface area contributed by atoms with Gasteiger partial charge in [-0.3, -0.25) is 14.4 Å². The van der Waals surface area contributed by atoms with Gasteiger partial charge in [0.05, 0.1) is 15.6 Å². The summed E-state index contributed by atoms with van der Waals surface area (Å²) in [6.07, 6.45) is 1.45. The second-order valence-electron chi connectivity index (χ2n) is 6.38. The first-order valence-electron chi connectivity index (χ1n) is 8.65. The molecule has 6 nitrogen and oxygen atoms in total. The van der Waals surface area contributed by atoms with E-state index in [4.69, 9.17) is 11.6 Å². The number of anilines is 1. The van der Waals surface area contributed by atoms with Crippen molar-refractivity contribution >= 4 is 46.3 Å². The van der Waals surface area contributed by atoms with E-state index in [9.17, 15) is 14.4 Å². The number of likely N-dealkylation sites (tertiary alicyclic amines) is 1. The lowest BCUT2D eigenvalue weighted by molar-refractivity contribution is -0.129. The number of halogens is 1. The van der Waals surface area contributed by atoms with Gasteiger partial charge < -0.3 is 15.5 Å². The van der Waals surface area contributed by atoms with Gasteiger partial charge in [-0.15, -0.1) is 11.3 Å². The predicted molar refractivity (Wildman–Crippen MR) is 106 cm³/mol. The first-order valence-corrected chi connectivity index (χ1v) is 9.90. The van der Waals surface area contributed by atoms with E-state index >= 15 is 0 Å². The van der Waals surface area contributed by atoms with E-state index in [1.54, 1.807) is 42.2 Å². The molecule has 1 saturated heterocycles. The minimum absolute atomic E-state index is 0.0212. The first kappa shape index (κ1) is 19.4. The highest BCUT2D eigenvalue weighted by atomic mass is 35.5. The van der Waals surface area contributed by atoms with Crippen LogP contribution in [0.1, 0.15) is 39.8 Å². The number of hydrogen-bond acceptors (Lipinski definition) is 4. The number of nitrogens with zero attached hydrogens (tertiary/aromatic N) is 1. The SMILES string of the molecule is CC(=O)N1CCC(NC(=O)c2ccc(Cl)c(NC(=O)c3cccs3)c2)CC1. The standard InChI is InChI=1S/C19H20ClN3O3S/c1-12(24)23-8-6-14(7-9-23)21-18(25)13-4-5-15(20)16(11-13)22-19(26)17-3-2-10-27-17/h2-5,10-11,14H,6-9H2,1H3,(H,21,25)(H,22,26). The van der Waals surface area contributed by atoms with Crippen molar-refractivity contribution in [1.82, 2.24) is 10.2 Å². The molecule has 0 unspecified atom stereocenters. The van der Waals surface area contributed by atoms with E-state index in [0.29, 0.717) is 34.2 Å². The molecule has 3 amide bonds. The van der Waals surface area contributed by atoms with Crippen molar-refractivity contribution in [2.75, 3.05) is 18.4 Å². The Labute approximate surface area is 166 Å². The Kier molecular flexibility index (Phi) is 6.13. The minimum Gasteiger partial charge on any atom is -0.349 e. The molecule has 27 heavy (non-hydrogen) atoms. The Hall–Kier alpha value is -2.38. The number of hydrogen-bond donors (Lipinski definition) is 2. The van der Waals surface area contributed by atoms with Crippen molar-refractivity contribution in [1.29, 1.82) is 0 Å². The number of thiophene rings is 1. The maximum atomic E-state index is 12.6. The molecule has 0 atom stereocenters. The molecule has 0 spiro atoms. The summed E-state index contributed by atoms with van der Waals surface area (Å²) in [5.74, 6) is -0.427. The molecule has 1 aromatic heterocycles. The van der Waals surface area contributed by atoms with Crippen molar-refractivity contribution in [2.45, 2.75) is 25.8 Å². The fraction of sp³-hybridized carbons (Fsp3) is 0.316. The maximum absolute atomic E-state index is 12.6. The fourth-order valence-electron chi connectivity index (χ4n) is 2.96. The van der Waals surface area contributed by atoms with E-state index in [-0.39, 0.29) is 23.8 Å². The quantitative estimate of drug-likeness (QED) is 0.818. The molecule has 2 N–H and O–H groups in total. The van der Waals surface area contributed by atoms with Crippen molar-refractivity contribution in [3.8, 4) is 0 Å². The Bertz CT molecular complexity index is 846. The number of benzene rings is 1. The van der Waals surface area contributed by atoms with Gasteiger partial charge in [0.15, 0.2) is 0 Å². The molecule has 0 aliphatic carbocycles. The van der Waals surface area contributed by atoms with Crippen LogP contribution in [-0.2, 0) is 4.79 Å². The van der Waals surface area contributed by atoms with Gasteiger partial charge in [0.25, 0.3) is 11.8 Å². The number of carbonyl (C=O) groups excluding carboxylic acids is 3. The molecule has 142 valence electrons. The van der Waals surface area contributed by atoms with Crippen LogP contribution in [0.4, 0.5) is 5.69 Å². The molecule has 2 aromatic rings. The van der Waals surface area contributed by atoms with Crippen molar-refractivity contribution in [3.63, 3.8) is 0 Å². The summed E-state index contributed by atoms with van der Waals surface area (Å²) >= 11 is 7.49. The zero-order chi connectivity index (χ0) is 19.4. The Balaban J connectivity index is 1.64. The molecule has 2 heterocycles. The van der Waals surface area contributed by atoms with Crippen LogP contribution in [0, 0.1) is 0 Å². The van der Waals surface area contributed by atoms with Gasteiger partial charge in [-0.05, 0) is 42.5 Å². The Morgan fingerprint density at radius 3 is 2.52 bits per heavy atom. The molecule has 1 aromatic carbocycles. The lowest BCUT2D eigenvalue weighted by Crippen LogP contribution is -2.46. The topological polar surface area (TPSA) is 78.5 Å². The molecule has 1 fully saturated rings. The average molecular weight is 406 g/mol. The van der Waals surface area contributed by atoms with E-state index < -0.39 is 0 Å². The van der Waals surface area contributed by atoms with Crippen molar-refractivity contribution in [3.05, 3.63) is 51.2 Å². The first-order chi connectivity index (χ1) is 12.9. The van der Waals surface area contributed by atoms with Gasteiger partial charge in [-0.25, -0.2) is 0 Å². The third-order valence-electron chi connectivity index (χ3n) is 4.50. The molecule has 3 rings (SSSR count). The third-order valence-corrected chi connectivity index (χ3v) is 5.70. The summed E-state index contributed by atoms with van der Waals surface area (Å²) < 4.78 is 0. The lowest BCUT2D eigenvalue weighted by Gasteiger charge is -2.31. The van der Waals surface area contributed by atoms with Crippen LogP contribution in [0.25, 0.3) is 0 Å². The van der Waals surface area contributed by atoms with Crippen LogP contribution in [0.3, 0.4) is 0 Å². The van der Waals surface area contributed by atoms with E-state index in [2.05, 4.69) is 10.6 Å². The highest BCUT2D eigenvalue weighted by Gasteiger charge is 2.22. The summed E-state index contributed by atoms with van der Waals surface area (Å²) in [5.41, 5.74) is 0.823. The summed E-state index contributed by atoms with van der Waals surface area (Å²) in [6.45, 7) is 2.84. The number of rotatable bonds is 4. The van der Waals surface area contributed by atoms with Crippen LogP contribution in [0.15, 0.2) is 35.7 Å². The van der Waals surface area contributed by atoms with Crippen molar-refractivity contribution in [2.24, 2.45) is 0 Å². The smallest absolute Gasteiger partial charge is 0.265 e. The van der Waals surface area contributed by atoms with Gasteiger partial charge >= 0.3 is 0 Å². The van der Waals surface area contributed by atoms with Gasteiger partial charge in [-0.1, -0.05) is 17.7 Å². The van der Waals surface area contributed by atoms with Crippen LogP contribution in [-0.4, -0.2) is 41.8 Å². The van der Waals surface area contributed by atoms with E-state index in [1.165, 1.54) is 11.3 Å². The normalized spacial score (nSPS) is 14.7. The second-order valence-corrected chi connectivity index (χ2v) is 7.73. The van der Waals surface area contributed by atoms with Gasteiger partial charge in [0, 0.05) is 31.6 Å². The molecule has 8 heteroatoms. The molecule has 1 aliphatic rings. The fourth-order valence-corrected chi connectivity index (χ4v) is 3.75. The molecule has 0 bridgehead atoms. The van der Waals surface area contributed by atoms with Gasteiger partial charge in [0.2, 0.25) is 5.91 Å². The maximum Gasteiger partial charge on any atom is 0.265 e. The minimum atomic E-state index is -0.263. The Morgan fingerprint density at radius 1 is 1.15 bits per heavy atom.